The SMILES string of the molecule is O=C(C1CC1)N1CCC[C@@H](C(=O)N(C[C@@H]2CCCO2)C2CCCC2)C1. The fourth-order valence-corrected chi connectivity index (χ4v) is 4.84. The fourth-order valence-electron chi connectivity index (χ4n) is 4.84. The third-order valence-corrected chi connectivity index (χ3v) is 6.48. The molecule has 2 amide bonds. The third kappa shape index (κ3) is 4.02. The van der Waals surface area contributed by atoms with Gasteiger partial charge in [-0.1, -0.05) is 12.8 Å². The van der Waals surface area contributed by atoms with Crippen LogP contribution in [-0.4, -0.2) is 60.0 Å². The zero-order valence-electron chi connectivity index (χ0n) is 15.3. The minimum absolute atomic E-state index is 0.00143. The molecule has 140 valence electrons. The molecule has 4 fully saturated rings. The lowest BCUT2D eigenvalue weighted by Gasteiger charge is -2.38. The molecule has 2 aliphatic heterocycles. The maximum absolute atomic E-state index is 13.4. The van der Waals surface area contributed by atoms with Crippen molar-refractivity contribution in [3.8, 4) is 0 Å². The van der Waals surface area contributed by atoms with E-state index < -0.39 is 0 Å². The molecule has 4 rings (SSSR count). The van der Waals surface area contributed by atoms with E-state index in [0.29, 0.717) is 18.5 Å². The van der Waals surface area contributed by atoms with Gasteiger partial charge in [0.15, 0.2) is 0 Å². The predicted octanol–water partition coefficient (Wildman–Crippen LogP) is 2.59. The summed E-state index contributed by atoms with van der Waals surface area (Å²) in [6.07, 6.45) is 11.1. The topological polar surface area (TPSA) is 49.9 Å². The first-order chi connectivity index (χ1) is 12.2. The number of amides is 2. The van der Waals surface area contributed by atoms with Crippen LogP contribution in [0, 0.1) is 11.8 Å². The first-order valence-corrected chi connectivity index (χ1v) is 10.4. The molecule has 5 heteroatoms. The van der Waals surface area contributed by atoms with E-state index in [2.05, 4.69) is 4.90 Å². The first kappa shape index (κ1) is 17.3. The number of piperidine rings is 1. The van der Waals surface area contributed by atoms with E-state index in [4.69, 9.17) is 4.74 Å². The van der Waals surface area contributed by atoms with Crippen LogP contribution in [-0.2, 0) is 14.3 Å². The van der Waals surface area contributed by atoms with Crippen molar-refractivity contribution in [2.45, 2.75) is 76.4 Å². The molecule has 25 heavy (non-hydrogen) atoms. The Morgan fingerprint density at radius 2 is 1.72 bits per heavy atom. The standard InChI is InChI=1S/C20H32N2O3/c23-19(15-9-10-15)21-11-3-5-16(13-21)20(24)22(17-6-1-2-7-17)14-18-8-4-12-25-18/h15-18H,1-14H2/t16-,18+/m1/s1. The van der Waals surface area contributed by atoms with Crippen LogP contribution in [0.2, 0.25) is 0 Å². The van der Waals surface area contributed by atoms with Crippen LogP contribution >= 0.6 is 0 Å². The second-order valence-electron chi connectivity index (χ2n) is 8.46. The number of carbonyl (C=O) groups is 2. The average Bonchev–Trinajstić information content (AvgIpc) is 3.11. The van der Waals surface area contributed by atoms with Gasteiger partial charge in [-0.15, -0.1) is 0 Å². The van der Waals surface area contributed by atoms with Gasteiger partial charge in [-0.05, 0) is 51.4 Å². The number of nitrogens with zero attached hydrogens (tertiary/aromatic N) is 2. The highest BCUT2D eigenvalue weighted by atomic mass is 16.5. The van der Waals surface area contributed by atoms with Crippen LogP contribution in [0.4, 0.5) is 0 Å². The Bertz CT molecular complexity index is 493. The number of hydrogen-bond acceptors (Lipinski definition) is 3. The first-order valence-electron chi connectivity index (χ1n) is 10.4. The lowest BCUT2D eigenvalue weighted by Crippen LogP contribution is -2.51. The monoisotopic (exact) mass is 348 g/mol. The molecule has 0 N–H and O–H groups in total. The van der Waals surface area contributed by atoms with Gasteiger partial charge in [-0.2, -0.15) is 0 Å². The second kappa shape index (κ2) is 7.65. The summed E-state index contributed by atoms with van der Waals surface area (Å²) in [7, 11) is 0. The maximum Gasteiger partial charge on any atom is 0.227 e. The maximum atomic E-state index is 13.4. The number of carbonyl (C=O) groups excluding carboxylic acids is 2. The molecule has 0 radical (unpaired) electrons. The fraction of sp³-hybridized carbons (Fsp3) is 0.900. The molecule has 2 atom stereocenters. The normalized spacial score (nSPS) is 30.6. The minimum atomic E-state index is -0.00143. The lowest BCUT2D eigenvalue weighted by molar-refractivity contribution is -0.144. The van der Waals surface area contributed by atoms with E-state index in [9.17, 15) is 9.59 Å². The Morgan fingerprint density at radius 3 is 2.40 bits per heavy atom. The van der Waals surface area contributed by atoms with Gasteiger partial charge in [0.05, 0.1) is 12.0 Å². The van der Waals surface area contributed by atoms with Gasteiger partial charge >= 0.3 is 0 Å². The highest BCUT2D eigenvalue weighted by molar-refractivity contribution is 5.83. The summed E-state index contributed by atoms with van der Waals surface area (Å²) < 4.78 is 5.82. The van der Waals surface area contributed by atoms with Crippen LogP contribution in [0.1, 0.15) is 64.2 Å². The Kier molecular flexibility index (Phi) is 5.30. The van der Waals surface area contributed by atoms with Crippen molar-refractivity contribution in [3.63, 3.8) is 0 Å². The zero-order valence-corrected chi connectivity index (χ0v) is 15.3. The van der Waals surface area contributed by atoms with Crippen molar-refractivity contribution in [3.05, 3.63) is 0 Å². The van der Waals surface area contributed by atoms with Crippen molar-refractivity contribution in [1.29, 1.82) is 0 Å². The summed E-state index contributed by atoms with van der Waals surface area (Å²) in [5.41, 5.74) is 0. The van der Waals surface area contributed by atoms with E-state index in [1.54, 1.807) is 0 Å². The second-order valence-corrected chi connectivity index (χ2v) is 8.46. The number of hydrogen-bond donors (Lipinski definition) is 0. The van der Waals surface area contributed by atoms with Gasteiger partial charge in [-0.25, -0.2) is 0 Å². The molecule has 2 saturated heterocycles. The molecule has 0 aromatic heterocycles. The van der Waals surface area contributed by atoms with Crippen molar-refractivity contribution in [1.82, 2.24) is 9.80 Å². The molecule has 0 unspecified atom stereocenters. The molecule has 0 spiro atoms. The summed E-state index contributed by atoms with van der Waals surface area (Å²) in [4.78, 5) is 29.9. The molecule has 4 aliphatic rings. The minimum Gasteiger partial charge on any atom is -0.376 e. The van der Waals surface area contributed by atoms with Crippen LogP contribution in [0.5, 0.6) is 0 Å². The largest absolute Gasteiger partial charge is 0.376 e. The molecular weight excluding hydrogens is 316 g/mol. The highest BCUT2D eigenvalue weighted by Crippen LogP contribution is 2.33. The van der Waals surface area contributed by atoms with E-state index in [1.165, 1.54) is 12.8 Å². The van der Waals surface area contributed by atoms with Gasteiger partial charge < -0.3 is 14.5 Å². The zero-order chi connectivity index (χ0) is 17.2. The van der Waals surface area contributed by atoms with E-state index in [1.807, 2.05) is 4.90 Å². The molecule has 2 heterocycles. The Balaban J connectivity index is 1.41. The summed E-state index contributed by atoms with van der Waals surface area (Å²) in [5.74, 6) is 0.838. The third-order valence-electron chi connectivity index (χ3n) is 6.48. The molecule has 5 nitrogen and oxygen atoms in total. The quantitative estimate of drug-likeness (QED) is 0.767. The van der Waals surface area contributed by atoms with Gasteiger partial charge in [0.1, 0.15) is 0 Å². The molecule has 0 aromatic rings. The number of rotatable bonds is 5. The van der Waals surface area contributed by atoms with Gasteiger partial charge in [0, 0.05) is 38.2 Å². The van der Waals surface area contributed by atoms with Crippen molar-refractivity contribution in [2.24, 2.45) is 11.8 Å². The van der Waals surface area contributed by atoms with Crippen molar-refractivity contribution >= 4 is 11.8 Å². The molecular formula is C20H32N2O3. The number of ether oxygens (including phenoxy) is 1. The van der Waals surface area contributed by atoms with E-state index in [0.717, 1.165) is 71.1 Å². The highest BCUT2D eigenvalue weighted by Gasteiger charge is 2.39. The molecule has 2 saturated carbocycles. The molecule has 2 aliphatic carbocycles. The van der Waals surface area contributed by atoms with Crippen LogP contribution in [0.25, 0.3) is 0 Å². The Morgan fingerprint density at radius 1 is 0.920 bits per heavy atom. The number of likely N-dealkylation sites (tertiary alicyclic amines) is 1. The smallest absolute Gasteiger partial charge is 0.227 e. The van der Waals surface area contributed by atoms with Gasteiger partial charge in [0.2, 0.25) is 11.8 Å². The van der Waals surface area contributed by atoms with E-state index in [-0.39, 0.29) is 23.8 Å². The summed E-state index contributed by atoms with van der Waals surface area (Å²) in [5, 5.41) is 0. The molecule has 0 bridgehead atoms. The van der Waals surface area contributed by atoms with Crippen LogP contribution in [0.3, 0.4) is 0 Å². The van der Waals surface area contributed by atoms with Gasteiger partial charge in [-0.3, -0.25) is 9.59 Å². The summed E-state index contributed by atoms with van der Waals surface area (Å²) >= 11 is 0. The predicted molar refractivity (Wildman–Crippen MR) is 95.0 cm³/mol. The average molecular weight is 348 g/mol. The Labute approximate surface area is 151 Å². The van der Waals surface area contributed by atoms with Crippen LogP contribution in [0.15, 0.2) is 0 Å². The Hall–Kier alpha value is -1.10. The summed E-state index contributed by atoms with van der Waals surface area (Å²) in [6, 6.07) is 0.395. The van der Waals surface area contributed by atoms with Gasteiger partial charge in [0.25, 0.3) is 0 Å². The van der Waals surface area contributed by atoms with Crippen molar-refractivity contribution < 1.29 is 14.3 Å². The van der Waals surface area contributed by atoms with E-state index >= 15 is 0 Å². The lowest BCUT2D eigenvalue weighted by atomic mass is 9.95. The molecule has 0 aromatic carbocycles. The van der Waals surface area contributed by atoms with Crippen molar-refractivity contribution in [2.75, 3.05) is 26.2 Å². The summed E-state index contributed by atoms with van der Waals surface area (Å²) in [6.45, 7) is 3.08. The van der Waals surface area contributed by atoms with Crippen LogP contribution < -0.4 is 0 Å².